The van der Waals surface area contributed by atoms with Crippen LogP contribution >= 0.6 is 11.3 Å². The van der Waals surface area contributed by atoms with Crippen molar-refractivity contribution >= 4 is 11.3 Å². The predicted octanol–water partition coefficient (Wildman–Crippen LogP) is 2.39. The summed E-state index contributed by atoms with van der Waals surface area (Å²) in [5.41, 5.74) is 3.34. The Labute approximate surface area is 89.8 Å². The first-order chi connectivity index (χ1) is 6.90. The monoisotopic (exact) mass is 210 g/mol. The molecule has 1 heterocycles. The molecule has 0 saturated carbocycles. The van der Waals surface area contributed by atoms with Crippen molar-refractivity contribution in [2.75, 3.05) is 6.54 Å². The second-order valence-electron chi connectivity index (χ2n) is 3.97. The van der Waals surface area contributed by atoms with Gasteiger partial charge in [-0.1, -0.05) is 13.3 Å². The van der Waals surface area contributed by atoms with Gasteiger partial charge in [-0.05, 0) is 32.2 Å². The number of nitrogens with zero attached hydrogens (tertiary/aromatic N) is 1. The van der Waals surface area contributed by atoms with E-state index in [4.69, 9.17) is 0 Å². The van der Waals surface area contributed by atoms with Gasteiger partial charge < -0.3 is 5.32 Å². The van der Waals surface area contributed by atoms with E-state index in [1.807, 2.05) is 16.8 Å². The Morgan fingerprint density at radius 2 is 2.57 bits per heavy atom. The van der Waals surface area contributed by atoms with Crippen molar-refractivity contribution in [1.29, 1.82) is 0 Å². The number of thiazole rings is 1. The van der Waals surface area contributed by atoms with E-state index in [-0.39, 0.29) is 0 Å². The largest absolute Gasteiger partial charge is 0.314 e. The highest BCUT2D eigenvalue weighted by molar-refractivity contribution is 7.09. The summed E-state index contributed by atoms with van der Waals surface area (Å²) >= 11 is 1.82. The lowest BCUT2D eigenvalue weighted by Gasteiger charge is -2.22. The van der Waals surface area contributed by atoms with E-state index in [0.717, 1.165) is 0 Å². The molecule has 1 atom stereocenters. The third-order valence-electron chi connectivity index (χ3n) is 2.85. The average Bonchev–Trinajstić information content (AvgIpc) is 2.65. The highest BCUT2D eigenvalue weighted by atomic mass is 32.1. The van der Waals surface area contributed by atoms with Crippen LogP contribution in [0.1, 0.15) is 36.8 Å². The van der Waals surface area contributed by atoms with E-state index in [1.54, 1.807) is 0 Å². The maximum atomic E-state index is 4.38. The van der Waals surface area contributed by atoms with E-state index >= 15 is 0 Å². The Morgan fingerprint density at radius 1 is 1.64 bits per heavy atom. The van der Waals surface area contributed by atoms with Crippen LogP contribution in [0.15, 0.2) is 5.51 Å². The molecule has 1 unspecified atom stereocenters. The molecule has 0 bridgehead atoms. The van der Waals surface area contributed by atoms with Gasteiger partial charge in [-0.2, -0.15) is 0 Å². The van der Waals surface area contributed by atoms with Crippen molar-refractivity contribution in [2.45, 2.75) is 45.1 Å². The lowest BCUT2D eigenvalue weighted by atomic mass is 9.97. The topological polar surface area (TPSA) is 24.9 Å². The van der Waals surface area contributed by atoms with Gasteiger partial charge in [0.1, 0.15) is 0 Å². The lowest BCUT2D eigenvalue weighted by Crippen LogP contribution is -2.34. The first-order valence-corrected chi connectivity index (χ1v) is 6.42. The molecule has 0 aliphatic heterocycles. The summed E-state index contributed by atoms with van der Waals surface area (Å²) in [4.78, 5) is 5.88. The van der Waals surface area contributed by atoms with Crippen LogP contribution in [-0.2, 0) is 12.8 Å². The zero-order valence-electron chi connectivity index (χ0n) is 8.75. The van der Waals surface area contributed by atoms with Gasteiger partial charge in [0.2, 0.25) is 0 Å². The van der Waals surface area contributed by atoms with Crippen molar-refractivity contribution < 1.29 is 0 Å². The maximum Gasteiger partial charge on any atom is 0.0797 e. The first-order valence-electron chi connectivity index (χ1n) is 5.54. The first kappa shape index (κ1) is 10.1. The fourth-order valence-electron chi connectivity index (χ4n) is 1.96. The summed E-state index contributed by atoms with van der Waals surface area (Å²) in [6.07, 6.45) is 6.21. The molecule has 14 heavy (non-hydrogen) atoms. The van der Waals surface area contributed by atoms with Crippen LogP contribution < -0.4 is 5.32 Å². The molecule has 0 saturated heterocycles. The number of aryl methyl sites for hydroxylation is 1. The summed E-state index contributed by atoms with van der Waals surface area (Å²) in [5, 5.41) is 3.63. The molecule has 0 amide bonds. The Morgan fingerprint density at radius 3 is 3.43 bits per heavy atom. The molecular formula is C11H18N2S. The number of aromatic nitrogens is 1. The Balaban J connectivity index is 1.82. The van der Waals surface area contributed by atoms with Crippen LogP contribution in [0, 0.1) is 0 Å². The standard InChI is InChI=1S/C11H18N2S/c1-2-3-6-12-9-4-5-10-11(7-9)14-8-13-10/h8-9,12H,2-7H2,1H3. The van der Waals surface area contributed by atoms with Crippen LogP contribution in [0.2, 0.25) is 0 Å². The fourth-order valence-corrected chi connectivity index (χ4v) is 2.85. The number of hydrogen-bond donors (Lipinski definition) is 1. The summed E-state index contributed by atoms with van der Waals surface area (Å²) in [5.74, 6) is 0. The molecule has 78 valence electrons. The molecule has 1 aromatic rings. The average molecular weight is 210 g/mol. The third kappa shape index (κ3) is 2.34. The van der Waals surface area contributed by atoms with Crippen molar-refractivity contribution in [3.8, 4) is 0 Å². The summed E-state index contributed by atoms with van der Waals surface area (Å²) in [7, 11) is 0. The van der Waals surface area contributed by atoms with E-state index in [9.17, 15) is 0 Å². The van der Waals surface area contributed by atoms with Crippen LogP contribution in [0.3, 0.4) is 0 Å². The van der Waals surface area contributed by atoms with Crippen molar-refractivity contribution in [3.63, 3.8) is 0 Å². The fraction of sp³-hybridized carbons (Fsp3) is 0.727. The number of hydrogen-bond acceptors (Lipinski definition) is 3. The van der Waals surface area contributed by atoms with Gasteiger partial charge in [-0.25, -0.2) is 4.98 Å². The summed E-state index contributed by atoms with van der Waals surface area (Å²) in [6.45, 7) is 3.42. The van der Waals surface area contributed by atoms with Gasteiger partial charge in [-0.3, -0.25) is 0 Å². The van der Waals surface area contributed by atoms with E-state index in [1.165, 1.54) is 49.2 Å². The minimum Gasteiger partial charge on any atom is -0.314 e. The van der Waals surface area contributed by atoms with E-state index in [0.29, 0.717) is 6.04 Å². The molecule has 1 N–H and O–H groups in total. The third-order valence-corrected chi connectivity index (χ3v) is 3.75. The zero-order valence-corrected chi connectivity index (χ0v) is 9.57. The minimum absolute atomic E-state index is 0.703. The van der Waals surface area contributed by atoms with E-state index < -0.39 is 0 Å². The molecule has 0 spiro atoms. The molecule has 2 nitrogen and oxygen atoms in total. The number of rotatable bonds is 4. The molecule has 2 rings (SSSR count). The molecular weight excluding hydrogens is 192 g/mol. The normalized spacial score (nSPS) is 20.8. The zero-order chi connectivity index (χ0) is 9.80. The molecule has 0 fully saturated rings. The Bertz CT molecular complexity index is 283. The van der Waals surface area contributed by atoms with Gasteiger partial charge in [0.15, 0.2) is 0 Å². The van der Waals surface area contributed by atoms with Crippen molar-refractivity contribution in [2.24, 2.45) is 0 Å². The second kappa shape index (κ2) is 4.89. The maximum absolute atomic E-state index is 4.38. The van der Waals surface area contributed by atoms with E-state index in [2.05, 4.69) is 17.2 Å². The number of fused-ring (bicyclic) bond motifs is 1. The van der Waals surface area contributed by atoms with Gasteiger partial charge in [0.25, 0.3) is 0 Å². The number of unbranched alkanes of at least 4 members (excludes halogenated alkanes) is 1. The second-order valence-corrected chi connectivity index (χ2v) is 4.91. The SMILES string of the molecule is CCCCNC1CCc2ncsc2C1. The molecule has 1 aromatic heterocycles. The predicted molar refractivity (Wildman–Crippen MR) is 60.8 cm³/mol. The van der Waals surface area contributed by atoms with Gasteiger partial charge in [0, 0.05) is 10.9 Å². The molecule has 0 aromatic carbocycles. The smallest absolute Gasteiger partial charge is 0.0797 e. The molecule has 1 aliphatic rings. The van der Waals surface area contributed by atoms with Gasteiger partial charge in [0.05, 0.1) is 11.2 Å². The molecule has 1 aliphatic carbocycles. The van der Waals surface area contributed by atoms with Gasteiger partial charge >= 0.3 is 0 Å². The lowest BCUT2D eigenvalue weighted by molar-refractivity contribution is 0.454. The number of nitrogens with one attached hydrogen (secondary N) is 1. The van der Waals surface area contributed by atoms with Crippen molar-refractivity contribution in [1.82, 2.24) is 10.3 Å². The molecule has 0 radical (unpaired) electrons. The Kier molecular flexibility index (Phi) is 3.54. The van der Waals surface area contributed by atoms with Crippen LogP contribution in [0.4, 0.5) is 0 Å². The quantitative estimate of drug-likeness (QED) is 0.772. The highest BCUT2D eigenvalue weighted by Gasteiger charge is 2.19. The van der Waals surface area contributed by atoms with Crippen molar-refractivity contribution in [3.05, 3.63) is 16.1 Å². The Hall–Kier alpha value is -0.410. The van der Waals surface area contributed by atoms with Gasteiger partial charge in [-0.15, -0.1) is 11.3 Å². The highest BCUT2D eigenvalue weighted by Crippen LogP contribution is 2.23. The summed E-state index contributed by atoms with van der Waals surface area (Å²) in [6, 6.07) is 0.703. The van der Waals surface area contributed by atoms with Crippen LogP contribution in [0.5, 0.6) is 0 Å². The molecule has 3 heteroatoms. The van der Waals surface area contributed by atoms with Crippen LogP contribution in [0.25, 0.3) is 0 Å². The minimum atomic E-state index is 0.703. The summed E-state index contributed by atoms with van der Waals surface area (Å²) < 4.78 is 0. The van der Waals surface area contributed by atoms with Crippen LogP contribution in [-0.4, -0.2) is 17.6 Å².